The standard InChI is InChI=1S/C18H23NO2/c1-5-9-14-15-11-7-8-12-17(15)19(16(14)10-6-2)18(20)21-13(3)4/h5,7-8,11-13H,1,6,9-10H2,2-4H3. The number of ether oxygens (including phenoxy) is 1. The predicted octanol–water partition coefficient (Wildman–Crippen LogP) is 4.72. The lowest BCUT2D eigenvalue weighted by Crippen LogP contribution is -2.20. The minimum Gasteiger partial charge on any atom is -0.446 e. The van der Waals surface area contributed by atoms with Crippen LogP contribution >= 0.6 is 0 Å². The van der Waals surface area contributed by atoms with Crippen molar-refractivity contribution in [1.29, 1.82) is 0 Å². The average Bonchev–Trinajstić information content (AvgIpc) is 2.73. The Labute approximate surface area is 126 Å². The summed E-state index contributed by atoms with van der Waals surface area (Å²) in [4.78, 5) is 12.5. The molecule has 0 aliphatic carbocycles. The highest BCUT2D eigenvalue weighted by Gasteiger charge is 2.21. The Hall–Kier alpha value is -2.03. The second-order valence-corrected chi connectivity index (χ2v) is 5.45. The first kappa shape index (κ1) is 15.4. The van der Waals surface area contributed by atoms with Gasteiger partial charge in [0, 0.05) is 11.1 Å². The molecular weight excluding hydrogens is 262 g/mol. The summed E-state index contributed by atoms with van der Waals surface area (Å²) in [5, 5.41) is 1.11. The Balaban J connectivity index is 2.68. The van der Waals surface area contributed by atoms with E-state index in [4.69, 9.17) is 4.74 Å². The fourth-order valence-corrected chi connectivity index (χ4v) is 2.69. The fraction of sp³-hybridized carbons (Fsp3) is 0.389. The van der Waals surface area contributed by atoms with Gasteiger partial charge in [-0.1, -0.05) is 37.6 Å². The summed E-state index contributed by atoms with van der Waals surface area (Å²) in [6, 6.07) is 7.99. The number of allylic oxidation sites excluding steroid dienone is 1. The van der Waals surface area contributed by atoms with E-state index >= 15 is 0 Å². The molecule has 3 heteroatoms. The van der Waals surface area contributed by atoms with Crippen molar-refractivity contribution in [3.8, 4) is 0 Å². The maximum Gasteiger partial charge on any atom is 0.418 e. The van der Waals surface area contributed by atoms with Gasteiger partial charge in [-0.25, -0.2) is 9.36 Å². The van der Waals surface area contributed by atoms with E-state index in [9.17, 15) is 4.79 Å². The molecule has 0 bridgehead atoms. The average molecular weight is 285 g/mol. The van der Waals surface area contributed by atoms with Crippen molar-refractivity contribution >= 4 is 17.0 Å². The smallest absolute Gasteiger partial charge is 0.418 e. The van der Waals surface area contributed by atoms with Crippen molar-refractivity contribution < 1.29 is 9.53 Å². The molecule has 2 rings (SSSR count). The van der Waals surface area contributed by atoms with Crippen molar-refractivity contribution in [2.24, 2.45) is 0 Å². The van der Waals surface area contributed by atoms with Gasteiger partial charge in [0.15, 0.2) is 0 Å². The number of hydrogen-bond acceptors (Lipinski definition) is 2. The van der Waals surface area contributed by atoms with E-state index in [0.717, 1.165) is 35.9 Å². The molecule has 1 aromatic carbocycles. The molecule has 0 N–H and O–H groups in total. The zero-order chi connectivity index (χ0) is 15.4. The van der Waals surface area contributed by atoms with E-state index < -0.39 is 0 Å². The summed E-state index contributed by atoms with van der Waals surface area (Å²) >= 11 is 0. The Morgan fingerprint density at radius 2 is 2.10 bits per heavy atom. The summed E-state index contributed by atoms with van der Waals surface area (Å²) in [6.07, 6.45) is 4.06. The van der Waals surface area contributed by atoms with Gasteiger partial charge >= 0.3 is 6.09 Å². The van der Waals surface area contributed by atoms with Crippen LogP contribution in [0.25, 0.3) is 10.9 Å². The fourth-order valence-electron chi connectivity index (χ4n) is 2.69. The highest BCUT2D eigenvalue weighted by molar-refractivity contribution is 5.93. The largest absolute Gasteiger partial charge is 0.446 e. The number of carbonyl (C=O) groups is 1. The first-order valence-corrected chi connectivity index (χ1v) is 7.53. The molecule has 2 aromatic rings. The lowest BCUT2D eigenvalue weighted by molar-refractivity contribution is 0.117. The quantitative estimate of drug-likeness (QED) is 0.745. The van der Waals surface area contributed by atoms with E-state index in [0.29, 0.717) is 0 Å². The third-order valence-electron chi connectivity index (χ3n) is 3.44. The molecule has 21 heavy (non-hydrogen) atoms. The van der Waals surface area contributed by atoms with Gasteiger partial charge in [0.25, 0.3) is 0 Å². The Morgan fingerprint density at radius 3 is 2.71 bits per heavy atom. The molecule has 0 radical (unpaired) electrons. The van der Waals surface area contributed by atoms with Crippen LogP contribution in [-0.2, 0) is 17.6 Å². The predicted molar refractivity (Wildman–Crippen MR) is 86.8 cm³/mol. The second kappa shape index (κ2) is 6.61. The molecule has 112 valence electrons. The topological polar surface area (TPSA) is 31.2 Å². The van der Waals surface area contributed by atoms with E-state index in [2.05, 4.69) is 19.6 Å². The lowest BCUT2D eigenvalue weighted by atomic mass is 10.1. The van der Waals surface area contributed by atoms with Gasteiger partial charge in [-0.15, -0.1) is 6.58 Å². The monoisotopic (exact) mass is 285 g/mol. The van der Waals surface area contributed by atoms with Crippen LogP contribution < -0.4 is 0 Å². The molecule has 0 atom stereocenters. The van der Waals surface area contributed by atoms with Crippen LogP contribution in [0.5, 0.6) is 0 Å². The first-order valence-electron chi connectivity index (χ1n) is 7.53. The summed E-state index contributed by atoms with van der Waals surface area (Å²) in [5.74, 6) is 0. The normalized spacial score (nSPS) is 11.0. The van der Waals surface area contributed by atoms with Crippen molar-refractivity contribution in [2.45, 2.75) is 46.1 Å². The van der Waals surface area contributed by atoms with E-state index in [1.807, 2.05) is 38.1 Å². The van der Waals surface area contributed by atoms with Crippen LogP contribution in [0.4, 0.5) is 4.79 Å². The van der Waals surface area contributed by atoms with Gasteiger partial charge in [-0.2, -0.15) is 0 Å². The molecule has 0 fully saturated rings. The number of rotatable bonds is 5. The summed E-state index contributed by atoms with van der Waals surface area (Å²) in [6.45, 7) is 9.70. The van der Waals surface area contributed by atoms with E-state index in [-0.39, 0.29) is 12.2 Å². The van der Waals surface area contributed by atoms with Crippen molar-refractivity contribution in [3.63, 3.8) is 0 Å². The van der Waals surface area contributed by atoms with Crippen LogP contribution in [0.1, 0.15) is 38.4 Å². The molecule has 1 aromatic heterocycles. The van der Waals surface area contributed by atoms with Crippen LogP contribution in [0.3, 0.4) is 0 Å². The number of para-hydroxylation sites is 1. The second-order valence-electron chi connectivity index (χ2n) is 5.45. The van der Waals surface area contributed by atoms with E-state index in [1.165, 1.54) is 5.56 Å². The van der Waals surface area contributed by atoms with Gasteiger partial charge in [0.2, 0.25) is 0 Å². The van der Waals surface area contributed by atoms with Crippen LogP contribution in [-0.4, -0.2) is 16.8 Å². The molecule has 0 aliphatic heterocycles. The number of aromatic nitrogens is 1. The zero-order valence-corrected chi connectivity index (χ0v) is 13.1. The molecule has 0 saturated carbocycles. The van der Waals surface area contributed by atoms with Gasteiger partial charge in [-0.05, 0) is 38.3 Å². The van der Waals surface area contributed by atoms with Gasteiger partial charge in [0.1, 0.15) is 0 Å². The lowest BCUT2D eigenvalue weighted by Gasteiger charge is -2.13. The molecular formula is C18H23NO2. The number of carbonyl (C=O) groups excluding carboxylic acids is 1. The third kappa shape index (κ3) is 3.02. The van der Waals surface area contributed by atoms with E-state index in [1.54, 1.807) is 4.57 Å². The summed E-state index contributed by atoms with van der Waals surface area (Å²) in [5.41, 5.74) is 3.15. The zero-order valence-electron chi connectivity index (χ0n) is 13.1. The Morgan fingerprint density at radius 1 is 1.38 bits per heavy atom. The van der Waals surface area contributed by atoms with Crippen molar-refractivity contribution in [3.05, 3.63) is 48.2 Å². The highest BCUT2D eigenvalue weighted by atomic mass is 16.6. The maximum atomic E-state index is 12.5. The molecule has 1 heterocycles. The summed E-state index contributed by atoms with van der Waals surface area (Å²) in [7, 11) is 0. The third-order valence-corrected chi connectivity index (χ3v) is 3.44. The minimum absolute atomic E-state index is 0.129. The molecule has 3 nitrogen and oxygen atoms in total. The number of nitrogens with zero attached hydrogens (tertiary/aromatic N) is 1. The van der Waals surface area contributed by atoms with Gasteiger partial charge in [0.05, 0.1) is 11.6 Å². The first-order chi connectivity index (χ1) is 10.1. The van der Waals surface area contributed by atoms with Crippen LogP contribution in [0.2, 0.25) is 0 Å². The van der Waals surface area contributed by atoms with Gasteiger partial charge in [-0.3, -0.25) is 0 Å². The molecule has 0 unspecified atom stereocenters. The maximum absolute atomic E-state index is 12.5. The van der Waals surface area contributed by atoms with Crippen LogP contribution in [0.15, 0.2) is 36.9 Å². The summed E-state index contributed by atoms with van der Waals surface area (Å²) < 4.78 is 7.15. The van der Waals surface area contributed by atoms with Gasteiger partial charge < -0.3 is 4.74 Å². The molecule has 0 aliphatic rings. The Kier molecular flexibility index (Phi) is 4.84. The number of benzene rings is 1. The number of fused-ring (bicyclic) bond motifs is 1. The highest BCUT2D eigenvalue weighted by Crippen LogP contribution is 2.28. The molecule has 0 saturated heterocycles. The molecule has 0 amide bonds. The Bertz CT molecular complexity index is 653. The molecule has 0 spiro atoms. The SMILES string of the molecule is C=CCc1c(CCC)n(C(=O)OC(C)C)c2ccccc12. The minimum atomic E-state index is -0.292. The van der Waals surface area contributed by atoms with Crippen molar-refractivity contribution in [1.82, 2.24) is 4.57 Å². The van der Waals surface area contributed by atoms with Crippen molar-refractivity contribution in [2.75, 3.05) is 0 Å². The van der Waals surface area contributed by atoms with Crippen LogP contribution in [0, 0.1) is 0 Å². The number of hydrogen-bond donors (Lipinski definition) is 0.